The topological polar surface area (TPSA) is 76.4 Å². The Balaban J connectivity index is 1.92. The summed E-state index contributed by atoms with van der Waals surface area (Å²) in [4.78, 5) is 10.7. The minimum absolute atomic E-state index is 0.111. The summed E-state index contributed by atoms with van der Waals surface area (Å²) in [5.74, 6) is -1.46. The first-order valence-electron chi connectivity index (χ1n) is 9.03. The first kappa shape index (κ1) is 20.3. The van der Waals surface area contributed by atoms with E-state index in [9.17, 15) is 13.6 Å². The number of carbonyl (C=O) groups is 1. The second kappa shape index (κ2) is 8.30. The first-order valence-corrected chi connectivity index (χ1v) is 9.03. The van der Waals surface area contributed by atoms with Crippen LogP contribution < -0.4 is 10.1 Å². The maximum absolute atomic E-state index is 14.5. The molecule has 3 aromatic rings. The number of rotatable bonds is 6. The van der Waals surface area contributed by atoms with E-state index in [0.717, 1.165) is 27.9 Å². The molecule has 0 fully saturated rings. The van der Waals surface area contributed by atoms with Gasteiger partial charge in [-0.3, -0.25) is 0 Å². The van der Waals surface area contributed by atoms with E-state index in [2.05, 4.69) is 10.4 Å². The Labute approximate surface area is 166 Å². The summed E-state index contributed by atoms with van der Waals surface area (Å²) in [6, 6.07) is 9.34. The van der Waals surface area contributed by atoms with Crippen LogP contribution in [0.3, 0.4) is 0 Å². The van der Waals surface area contributed by atoms with Gasteiger partial charge in [-0.05, 0) is 44.0 Å². The molecule has 0 spiro atoms. The fourth-order valence-corrected chi connectivity index (χ4v) is 2.90. The van der Waals surface area contributed by atoms with E-state index in [-0.39, 0.29) is 24.1 Å². The average Bonchev–Trinajstić information content (AvgIpc) is 3.09. The fraction of sp³-hybridized carbons (Fsp3) is 0.238. The summed E-state index contributed by atoms with van der Waals surface area (Å²) in [6.45, 7) is 5.56. The number of halogens is 2. The van der Waals surface area contributed by atoms with E-state index < -0.39 is 17.7 Å². The fourth-order valence-electron chi connectivity index (χ4n) is 2.90. The van der Waals surface area contributed by atoms with Crippen LogP contribution in [0.2, 0.25) is 0 Å². The number of amides is 1. The van der Waals surface area contributed by atoms with Crippen molar-refractivity contribution >= 4 is 6.09 Å². The lowest BCUT2D eigenvalue weighted by Gasteiger charge is -2.12. The van der Waals surface area contributed by atoms with Crippen LogP contribution in [0.1, 0.15) is 25.0 Å². The van der Waals surface area contributed by atoms with Gasteiger partial charge < -0.3 is 15.2 Å². The van der Waals surface area contributed by atoms with Gasteiger partial charge in [0, 0.05) is 30.4 Å². The number of benzene rings is 2. The van der Waals surface area contributed by atoms with Gasteiger partial charge in [0.05, 0.1) is 11.8 Å². The van der Waals surface area contributed by atoms with Crippen LogP contribution in [0.4, 0.5) is 13.6 Å². The van der Waals surface area contributed by atoms with Gasteiger partial charge in [0.15, 0.2) is 11.6 Å². The van der Waals surface area contributed by atoms with E-state index >= 15 is 0 Å². The van der Waals surface area contributed by atoms with Crippen molar-refractivity contribution in [2.24, 2.45) is 0 Å². The third-order valence-electron chi connectivity index (χ3n) is 4.26. The van der Waals surface area contributed by atoms with Crippen molar-refractivity contribution in [2.75, 3.05) is 0 Å². The molecule has 0 radical (unpaired) electrons. The predicted molar refractivity (Wildman–Crippen MR) is 104 cm³/mol. The van der Waals surface area contributed by atoms with Crippen molar-refractivity contribution in [1.29, 1.82) is 0 Å². The predicted octanol–water partition coefficient (Wildman–Crippen LogP) is 4.68. The van der Waals surface area contributed by atoms with E-state index in [4.69, 9.17) is 9.84 Å². The Hall–Kier alpha value is -3.42. The van der Waals surface area contributed by atoms with E-state index in [0.29, 0.717) is 11.3 Å². The molecule has 0 aliphatic heterocycles. The Bertz CT molecular complexity index is 1020. The van der Waals surface area contributed by atoms with Crippen molar-refractivity contribution in [3.8, 4) is 22.7 Å². The van der Waals surface area contributed by atoms with Crippen LogP contribution in [0, 0.1) is 18.6 Å². The van der Waals surface area contributed by atoms with Gasteiger partial charge in [-0.15, -0.1) is 0 Å². The highest BCUT2D eigenvalue weighted by Crippen LogP contribution is 2.27. The van der Waals surface area contributed by atoms with Crippen LogP contribution in [0.5, 0.6) is 5.75 Å². The Kier molecular flexibility index (Phi) is 5.81. The molecule has 0 atom stereocenters. The van der Waals surface area contributed by atoms with Gasteiger partial charge in [0.2, 0.25) is 0 Å². The lowest BCUT2D eigenvalue weighted by molar-refractivity contribution is 0.194. The summed E-state index contributed by atoms with van der Waals surface area (Å²) in [6.07, 6.45) is 0.145. The Morgan fingerprint density at radius 2 is 1.90 bits per heavy atom. The molecule has 0 saturated heterocycles. The average molecular weight is 401 g/mol. The van der Waals surface area contributed by atoms with Crippen LogP contribution >= 0.6 is 0 Å². The molecule has 0 saturated carbocycles. The minimum atomic E-state index is -1.12. The molecule has 3 rings (SSSR count). The van der Waals surface area contributed by atoms with E-state index in [1.165, 1.54) is 6.20 Å². The van der Waals surface area contributed by atoms with Gasteiger partial charge in [0.25, 0.3) is 0 Å². The molecule has 0 bridgehead atoms. The normalized spacial score (nSPS) is 11.0. The summed E-state index contributed by atoms with van der Waals surface area (Å²) in [5.41, 5.74) is 2.61. The molecule has 2 N–H and O–H groups in total. The lowest BCUT2D eigenvalue weighted by atomic mass is 10.0. The van der Waals surface area contributed by atoms with Crippen molar-refractivity contribution in [2.45, 2.75) is 33.4 Å². The zero-order chi connectivity index (χ0) is 21.1. The Morgan fingerprint density at radius 3 is 2.52 bits per heavy atom. The SMILES string of the molecule is Cc1ccc(-c2ccn(-c3c(F)cc(OC(C)C)cc3F)n2)cc1CNC(=O)O. The van der Waals surface area contributed by atoms with E-state index in [1.807, 2.05) is 19.1 Å². The number of nitrogens with one attached hydrogen (secondary N) is 1. The Morgan fingerprint density at radius 1 is 1.21 bits per heavy atom. The van der Waals surface area contributed by atoms with Crippen molar-refractivity contribution in [3.63, 3.8) is 0 Å². The molecule has 8 heteroatoms. The van der Waals surface area contributed by atoms with Gasteiger partial charge >= 0.3 is 6.09 Å². The van der Waals surface area contributed by atoms with Gasteiger partial charge in [0.1, 0.15) is 11.4 Å². The molecule has 1 amide bonds. The maximum Gasteiger partial charge on any atom is 0.404 e. The van der Waals surface area contributed by atoms with Gasteiger partial charge in [-0.1, -0.05) is 12.1 Å². The smallest absolute Gasteiger partial charge is 0.404 e. The van der Waals surface area contributed by atoms with Crippen molar-refractivity contribution in [1.82, 2.24) is 15.1 Å². The van der Waals surface area contributed by atoms with Gasteiger partial charge in [-0.2, -0.15) is 5.10 Å². The number of aromatic nitrogens is 2. The van der Waals surface area contributed by atoms with Crippen LogP contribution in [-0.2, 0) is 6.54 Å². The summed E-state index contributed by atoms with van der Waals surface area (Å²) < 4.78 is 35.5. The number of nitrogens with zero attached hydrogens (tertiary/aromatic N) is 2. The van der Waals surface area contributed by atoms with Crippen molar-refractivity contribution in [3.05, 3.63) is 65.4 Å². The molecule has 1 heterocycles. The molecule has 6 nitrogen and oxygen atoms in total. The molecular weight excluding hydrogens is 380 g/mol. The number of aryl methyl sites for hydroxylation is 1. The standard InChI is InChI=1S/C21H21F2N3O3/c1-12(2)29-16-9-17(22)20(18(23)10-16)26-7-6-19(25-26)14-5-4-13(3)15(8-14)11-24-21(27)28/h4-10,12,24H,11H2,1-3H3,(H,27,28). The second-order valence-corrected chi connectivity index (χ2v) is 6.85. The molecule has 1 aromatic heterocycles. The lowest BCUT2D eigenvalue weighted by Crippen LogP contribution is -2.20. The molecule has 2 aromatic carbocycles. The highest BCUT2D eigenvalue weighted by Gasteiger charge is 2.16. The first-order chi connectivity index (χ1) is 13.7. The molecule has 0 aliphatic carbocycles. The third kappa shape index (κ3) is 4.71. The minimum Gasteiger partial charge on any atom is -0.491 e. The molecule has 0 aliphatic rings. The van der Waals surface area contributed by atoms with Crippen LogP contribution in [0.15, 0.2) is 42.6 Å². The number of ether oxygens (including phenoxy) is 1. The monoisotopic (exact) mass is 401 g/mol. The maximum atomic E-state index is 14.5. The highest BCUT2D eigenvalue weighted by molar-refractivity contribution is 5.65. The molecule has 29 heavy (non-hydrogen) atoms. The molecule has 152 valence electrons. The zero-order valence-corrected chi connectivity index (χ0v) is 16.2. The largest absolute Gasteiger partial charge is 0.491 e. The zero-order valence-electron chi connectivity index (χ0n) is 16.2. The van der Waals surface area contributed by atoms with Crippen molar-refractivity contribution < 1.29 is 23.4 Å². The summed E-state index contributed by atoms with van der Waals surface area (Å²) in [7, 11) is 0. The van der Waals surface area contributed by atoms with E-state index in [1.54, 1.807) is 26.0 Å². The summed E-state index contributed by atoms with van der Waals surface area (Å²) in [5, 5.41) is 15.4. The van der Waals surface area contributed by atoms with Crippen LogP contribution in [-0.4, -0.2) is 27.1 Å². The van der Waals surface area contributed by atoms with Crippen LogP contribution in [0.25, 0.3) is 16.9 Å². The number of hydrogen-bond acceptors (Lipinski definition) is 3. The van der Waals surface area contributed by atoms with Gasteiger partial charge in [-0.25, -0.2) is 18.3 Å². The summed E-state index contributed by atoms with van der Waals surface area (Å²) >= 11 is 0. The number of hydrogen-bond donors (Lipinski definition) is 2. The highest BCUT2D eigenvalue weighted by atomic mass is 19.1. The third-order valence-corrected chi connectivity index (χ3v) is 4.26. The quantitative estimate of drug-likeness (QED) is 0.629. The second-order valence-electron chi connectivity index (χ2n) is 6.85. The molecule has 0 unspecified atom stereocenters. The number of carboxylic acid groups (broad SMARTS) is 1. The molecular formula is C21H21F2N3O3.